The fourth-order valence-electron chi connectivity index (χ4n) is 2.42. The molecule has 0 spiro atoms. The fourth-order valence-corrected chi connectivity index (χ4v) is 3.12. The predicted molar refractivity (Wildman–Crippen MR) is 102 cm³/mol. The highest BCUT2D eigenvalue weighted by Gasteiger charge is 2.12. The summed E-state index contributed by atoms with van der Waals surface area (Å²) in [6.07, 6.45) is -0.451. The first kappa shape index (κ1) is 17.8. The van der Waals surface area contributed by atoms with Crippen molar-refractivity contribution in [3.63, 3.8) is 0 Å². The van der Waals surface area contributed by atoms with E-state index in [-0.39, 0.29) is 18.9 Å². The Morgan fingerprint density at radius 2 is 2.00 bits per heavy atom. The van der Waals surface area contributed by atoms with E-state index in [0.717, 1.165) is 16.6 Å². The molecule has 0 aliphatic rings. The van der Waals surface area contributed by atoms with Crippen LogP contribution in [0.2, 0.25) is 0 Å². The van der Waals surface area contributed by atoms with Gasteiger partial charge in [0.15, 0.2) is 5.13 Å². The van der Waals surface area contributed by atoms with Gasteiger partial charge in [0.05, 0.1) is 29.9 Å². The largest absolute Gasteiger partial charge is 0.450 e. The monoisotopic (exact) mass is 370 g/mol. The van der Waals surface area contributed by atoms with Crippen LogP contribution in [0.15, 0.2) is 35.7 Å². The summed E-state index contributed by atoms with van der Waals surface area (Å²) in [4.78, 5) is 32.4. The zero-order chi connectivity index (χ0) is 18.5. The lowest BCUT2D eigenvalue weighted by molar-refractivity contribution is -0.115. The highest BCUT2D eigenvalue weighted by atomic mass is 32.1. The van der Waals surface area contributed by atoms with E-state index in [9.17, 15) is 9.59 Å². The Morgan fingerprint density at radius 1 is 1.15 bits per heavy atom. The normalized spacial score (nSPS) is 10.5. The molecule has 2 amide bonds. The first-order valence-electron chi connectivity index (χ1n) is 8.09. The van der Waals surface area contributed by atoms with Crippen LogP contribution in [0, 0.1) is 6.92 Å². The van der Waals surface area contributed by atoms with Gasteiger partial charge >= 0.3 is 6.09 Å². The van der Waals surface area contributed by atoms with Crippen molar-refractivity contribution in [3.8, 4) is 0 Å². The van der Waals surface area contributed by atoms with E-state index in [1.54, 1.807) is 12.3 Å². The zero-order valence-electron chi connectivity index (χ0n) is 14.4. The maximum Gasteiger partial charge on any atom is 0.413 e. The molecule has 26 heavy (non-hydrogen) atoms. The Hall–Kier alpha value is -3.00. The second-order valence-electron chi connectivity index (χ2n) is 5.54. The first-order valence-corrected chi connectivity index (χ1v) is 8.97. The molecule has 2 heterocycles. The van der Waals surface area contributed by atoms with Gasteiger partial charge in [-0.05, 0) is 38.1 Å². The van der Waals surface area contributed by atoms with Gasteiger partial charge in [0.2, 0.25) is 5.91 Å². The number of benzene rings is 1. The topological polar surface area (TPSA) is 93.2 Å². The number of amides is 2. The van der Waals surface area contributed by atoms with Crippen LogP contribution < -0.4 is 10.6 Å². The molecular weight excluding hydrogens is 352 g/mol. The van der Waals surface area contributed by atoms with Crippen molar-refractivity contribution in [2.45, 2.75) is 20.3 Å². The summed E-state index contributed by atoms with van der Waals surface area (Å²) >= 11 is 1.24. The van der Waals surface area contributed by atoms with Crippen LogP contribution in [0.4, 0.5) is 15.6 Å². The van der Waals surface area contributed by atoms with Gasteiger partial charge in [0, 0.05) is 16.5 Å². The van der Waals surface area contributed by atoms with E-state index in [1.165, 1.54) is 11.3 Å². The Bertz CT molecular complexity index is 955. The number of anilines is 2. The average Bonchev–Trinajstić information content (AvgIpc) is 3.01. The molecule has 0 saturated heterocycles. The lowest BCUT2D eigenvalue weighted by atomic mass is 10.1. The highest BCUT2D eigenvalue weighted by molar-refractivity contribution is 7.13. The smallest absolute Gasteiger partial charge is 0.413 e. The molecule has 2 N–H and O–H groups in total. The van der Waals surface area contributed by atoms with Crippen LogP contribution in [0.3, 0.4) is 0 Å². The molecule has 134 valence electrons. The number of thiazole rings is 1. The van der Waals surface area contributed by atoms with Crippen LogP contribution in [-0.4, -0.2) is 28.6 Å². The molecule has 8 heteroatoms. The fraction of sp³-hybridized carbons (Fsp3) is 0.222. The minimum absolute atomic E-state index is 0.108. The molecular formula is C18H18N4O3S. The Balaban J connectivity index is 1.66. The van der Waals surface area contributed by atoms with Crippen LogP contribution in [-0.2, 0) is 16.0 Å². The van der Waals surface area contributed by atoms with Crippen molar-refractivity contribution in [1.29, 1.82) is 0 Å². The lowest BCUT2D eigenvalue weighted by Crippen LogP contribution is -2.15. The van der Waals surface area contributed by atoms with Gasteiger partial charge in [-0.1, -0.05) is 6.07 Å². The van der Waals surface area contributed by atoms with E-state index in [4.69, 9.17) is 4.74 Å². The minimum atomic E-state index is -0.559. The second-order valence-corrected chi connectivity index (χ2v) is 6.40. The van der Waals surface area contributed by atoms with Gasteiger partial charge in [-0.3, -0.25) is 15.1 Å². The van der Waals surface area contributed by atoms with Crippen LogP contribution in [0.1, 0.15) is 18.3 Å². The van der Waals surface area contributed by atoms with Gasteiger partial charge in [-0.2, -0.15) is 0 Å². The highest BCUT2D eigenvalue weighted by Crippen LogP contribution is 2.23. The molecule has 0 bridgehead atoms. The van der Waals surface area contributed by atoms with Crippen molar-refractivity contribution in [1.82, 2.24) is 9.97 Å². The predicted octanol–water partition coefficient (Wildman–Crippen LogP) is 3.75. The maximum absolute atomic E-state index is 12.3. The summed E-state index contributed by atoms with van der Waals surface area (Å²) in [5.41, 5.74) is 3.04. The number of aromatic nitrogens is 2. The molecule has 0 radical (unpaired) electrons. The van der Waals surface area contributed by atoms with Crippen LogP contribution in [0.25, 0.3) is 10.9 Å². The number of carbonyl (C=O) groups is 2. The number of carbonyl (C=O) groups excluding carboxylic acids is 2. The van der Waals surface area contributed by atoms with Crippen LogP contribution in [0.5, 0.6) is 0 Å². The average molecular weight is 370 g/mol. The van der Waals surface area contributed by atoms with E-state index in [0.29, 0.717) is 16.5 Å². The lowest BCUT2D eigenvalue weighted by Gasteiger charge is -2.08. The van der Waals surface area contributed by atoms with Crippen molar-refractivity contribution in [2.24, 2.45) is 0 Å². The van der Waals surface area contributed by atoms with E-state index in [2.05, 4.69) is 20.6 Å². The van der Waals surface area contributed by atoms with Crippen LogP contribution >= 0.6 is 11.3 Å². The van der Waals surface area contributed by atoms with Gasteiger partial charge < -0.3 is 10.1 Å². The molecule has 3 rings (SSSR count). The van der Waals surface area contributed by atoms with Gasteiger partial charge in [-0.15, -0.1) is 11.3 Å². The molecule has 2 aromatic heterocycles. The number of rotatable bonds is 5. The third kappa shape index (κ3) is 4.34. The quantitative estimate of drug-likeness (QED) is 0.713. The molecule has 0 aliphatic carbocycles. The summed E-state index contributed by atoms with van der Waals surface area (Å²) in [7, 11) is 0. The summed E-state index contributed by atoms with van der Waals surface area (Å²) in [5, 5.41) is 8.43. The van der Waals surface area contributed by atoms with E-state index >= 15 is 0 Å². The number of hydrogen-bond acceptors (Lipinski definition) is 6. The number of fused-ring (bicyclic) bond motifs is 1. The molecule has 1 aromatic carbocycles. The standard InChI is InChI=1S/C18H18N4O3S/c1-3-25-18(24)22-17-20-12(10-26-17)9-16(23)21-15-6-4-5-14-13(15)8-7-11(2)19-14/h4-8,10H,3,9H2,1-2H3,(H,21,23)(H,20,22,24). The molecule has 7 nitrogen and oxygen atoms in total. The summed E-state index contributed by atoms with van der Waals surface area (Å²) < 4.78 is 4.80. The van der Waals surface area contributed by atoms with Crippen molar-refractivity contribution < 1.29 is 14.3 Å². The minimum Gasteiger partial charge on any atom is -0.450 e. The molecule has 0 atom stereocenters. The van der Waals surface area contributed by atoms with Gasteiger partial charge in [0.1, 0.15) is 0 Å². The second kappa shape index (κ2) is 7.92. The molecule has 3 aromatic rings. The zero-order valence-corrected chi connectivity index (χ0v) is 15.2. The number of pyridine rings is 1. The van der Waals surface area contributed by atoms with Crippen molar-refractivity contribution in [3.05, 3.63) is 47.1 Å². The molecule has 0 fully saturated rings. The van der Waals surface area contributed by atoms with Crippen molar-refractivity contribution >= 4 is 45.1 Å². The number of hydrogen-bond donors (Lipinski definition) is 2. The van der Waals surface area contributed by atoms with Gasteiger partial charge in [0.25, 0.3) is 0 Å². The third-order valence-corrected chi connectivity index (χ3v) is 4.33. The maximum atomic E-state index is 12.3. The molecule has 0 saturated carbocycles. The van der Waals surface area contributed by atoms with E-state index in [1.807, 2.05) is 37.3 Å². The molecule has 0 unspecified atom stereocenters. The summed E-state index contributed by atoms with van der Waals surface area (Å²) in [6, 6.07) is 9.45. The number of ether oxygens (including phenoxy) is 1. The number of nitrogens with zero attached hydrogens (tertiary/aromatic N) is 2. The van der Waals surface area contributed by atoms with E-state index < -0.39 is 6.09 Å². The van der Waals surface area contributed by atoms with Gasteiger partial charge in [-0.25, -0.2) is 9.78 Å². The first-order chi connectivity index (χ1) is 12.5. The van der Waals surface area contributed by atoms with Crippen molar-refractivity contribution in [2.75, 3.05) is 17.2 Å². The Morgan fingerprint density at radius 3 is 2.81 bits per heavy atom. The summed E-state index contributed by atoms with van der Waals surface area (Å²) in [5.74, 6) is -0.189. The summed E-state index contributed by atoms with van der Waals surface area (Å²) in [6.45, 7) is 3.93. The SMILES string of the molecule is CCOC(=O)Nc1nc(CC(=O)Nc2cccc3nc(C)ccc23)cs1. The Kier molecular flexibility index (Phi) is 5.43. The Labute approximate surface area is 154 Å². The third-order valence-electron chi connectivity index (χ3n) is 3.52. The number of nitrogens with one attached hydrogen (secondary N) is 2. The number of aryl methyl sites for hydroxylation is 1. The molecule has 0 aliphatic heterocycles.